The molecule has 0 unspecified atom stereocenters. The molecule has 1 aliphatic heterocycles. The number of ether oxygens (including phenoxy) is 1. The first kappa shape index (κ1) is 17.5. The number of hydrogen-bond donors (Lipinski definition) is 0. The molecule has 27 heavy (non-hydrogen) atoms. The Kier molecular flexibility index (Phi) is 4.34. The second-order valence-corrected chi connectivity index (χ2v) is 7.15. The first-order valence-electron chi connectivity index (χ1n) is 9.31. The van der Waals surface area contributed by atoms with Gasteiger partial charge in [0.15, 0.2) is 11.3 Å². The van der Waals surface area contributed by atoms with Crippen LogP contribution < -0.4 is 4.90 Å². The van der Waals surface area contributed by atoms with E-state index < -0.39 is 5.97 Å². The van der Waals surface area contributed by atoms with Crippen LogP contribution >= 0.6 is 0 Å². The Labute approximate surface area is 158 Å². The molecule has 2 aromatic heterocycles. The molecule has 3 heterocycles. The number of carbonyl (C=O) groups excluding carboxylic acids is 1. The van der Waals surface area contributed by atoms with Gasteiger partial charge in [0, 0.05) is 19.2 Å². The van der Waals surface area contributed by atoms with Crippen molar-refractivity contribution in [2.45, 2.75) is 33.6 Å². The number of aromatic nitrogens is 3. The van der Waals surface area contributed by atoms with Crippen molar-refractivity contribution >= 4 is 17.4 Å². The minimum Gasteiger partial charge on any atom is -0.464 e. The highest BCUT2D eigenvalue weighted by molar-refractivity contribution is 5.91. The molecule has 3 aromatic rings. The van der Waals surface area contributed by atoms with Crippen LogP contribution in [-0.2, 0) is 4.74 Å². The van der Waals surface area contributed by atoms with E-state index in [-0.39, 0.29) is 0 Å². The molecule has 6 nitrogen and oxygen atoms in total. The molecule has 0 bridgehead atoms. The number of anilines is 1. The molecule has 1 saturated heterocycles. The SMILES string of the molecule is COC(=O)c1cc(N2CCCC2)n2nc(C)c(-c3c(C)cccc3C)c2n1. The number of aryl methyl sites for hydroxylation is 3. The lowest BCUT2D eigenvalue weighted by molar-refractivity contribution is 0.0594. The van der Waals surface area contributed by atoms with Gasteiger partial charge >= 0.3 is 5.97 Å². The molecule has 6 heteroatoms. The van der Waals surface area contributed by atoms with Crippen LogP contribution in [0.4, 0.5) is 5.82 Å². The number of fused-ring (bicyclic) bond motifs is 1. The summed E-state index contributed by atoms with van der Waals surface area (Å²) in [7, 11) is 1.39. The number of nitrogens with zero attached hydrogens (tertiary/aromatic N) is 4. The molecule has 1 aromatic carbocycles. The maximum atomic E-state index is 12.3. The third-order valence-electron chi connectivity index (χ3n) is 5.30. The van der Waals surface area contributed by atoms with Gasteiger partial charge in [-0.05, 0) is 50.3 Å². The van der Waals surface area contributed by atoms with Crippen LogP contribution in [0.2, 0.25) is 0 Å². The van der Waals surface area contributed by atoms with Gasteiger partial charge < -0.3 is 9.64 Å². The average molecular weight is 364 g/mol. The lowest BCUT2D eigenvalue weighted by atomic mass is 9.96. The summed E-state index contributed by atoms with van der Waals surface area (Å²) in [6.45, 7) is 8.10. The third kappa shape index (κ3) is 2.85. The zero-order valence-electron chi connectivity index (χ0n) is 16.2. The number of esters is 1. The van der Waals surface area contributed by atoms with Crippen molar-refractivity contribution in [2.24, 2.45) is 0 Å². The van der Waals surface area contributed by atoms with Crippen LogP contribution in [-0.4, -0.2) is 40.8 Å². The minimum absolute atomic E-state index is 0.319. The highest BCUT2D eigenvalue weighted by Gasteiger charge is 2.24. The first-order chi connectivity index (χ1) is 13.0. The van der Waals surface area contributed by atoms with Gasteiger partial charge in [0.25, 0.3) is 0 Å². The van der Waals surface area contributed by atoms with E-state index in [1.54, 1.807) is 6.07 Å². The highest BCUT2D eigenvalue weighted by atomic mass is 16.5. The van der Waals surface area contributed by atoms with Gasteiger partial charge in [0.1, 0.15) is 5.82 Å². The zero-order chi connectivity index (χ0) is 19.1. The maximum absolute atomic E-state index is 12.3. The molecule has 0 aliphatic carbocycles. The van der Waals surface area contributed by atoms with Crippen LogP contribution in [0.3, 0.4) is 0 Å². The minimum atomic E-state index is -0.427. The van der Waals surface area contributed by atoms with Gasteiger partial charge in [0.05, 0.1) is 18.4 Å². The molecule has 4 rings (SSSR count). The topological polar surface area (TPSA) is 59.7 Å². The molecule has 1 aliphatic rings. The van der Waals surface area contributed by atoms with E-state index in [0.717, 1.165) is 48.6 Å². The third-order valence-corrected chi connectivity index (χ3v) is 5.30. The Morgan fingerprint density at radius 2 is 1.74 bits per heavy atom. The number of benzene rings is 1. The maximum Gasteiger partial charge on any atom is 0.356 e. The Bertz CT molecular complexity index is 1010. The lowest BCUT2D eigenvalue weighted by Crippen LogP contribution is -2.22. The second-order valence-electron chi connectivity index (χ2n) is 7.15. The monoisotopic (exact) mass is 364 g/mol. The smallest absolute Gasteiger partial charge is 0.356 e. The van der Waals surface area contributed by atoms with Crippen LogP contribution in [0.5, 0.6) is 0 Å². The van der Waals surface area contributed by atoms with Crippen molar-refractivity contribution in [2.75, 3.05) is 25.1 Å². The van der Waals surface area contributed by atoms with Crippen molar-refractivity contribution < 1.29 is 9.53 Å². The van der Waals surface area contributed by atoms with E-state index in [9.17, 15) is 4.79 Å². The molecule has 0 saturated carbocycles. The van der Waals surface area contributed by atoms with E-state index in [1.165, 1.54) is 18.2 Å². The van der Waals surface area contributed by atoms with Crippen molar-refractivity contribution in [3.05, 3.63) is 46.8 Å². The molecular weight excluding hydrogens is 340 g/mol. The summed E-state index contributed by atoms with van der Waals surface area (Å²) in [6, 6.07) is 8.04. The molecule has 0 N–H and O–H groups in total. The molecule has 0 spiro atoms. The Hall–Kier alpha value is -2.89. The molecule has 0 amide bonds. The Balaban J connectivity index is 2.05. The number of rotatable bonds is 3. The summed E-state index contributed by atoms with van der Waals surface area (Å²) >= 11 is 0. The van der Waals surface area contributed by atoms with E-state index in [1.807, 2.05) is 11.4 Å². The van der Waals surface area contributed by atoms with E-state index in [2.05, 4.69) is 41.9 Å². The van der Waals surface area contributed by atoms with Crippen LogP contribution in [0.15, 0.2) is 24.3 Å². The van der Waals surface area contributed by atoms with Crippen molar-refractivity contribution in [1.82, 2.24) is 14.6 Å². The Morgan fingerprint density at radius 3 is 2.37 bits per heavy atom. The summed E-state index contributed by atoms with van der Waals surface area (Å²) in [5.41, 5.74) is 6.38. The number of methoxy groups -OCH3 is 1. The van der Waals surface area contributed by atoms with Crippen LogP contribution in [0.25, 0.3) is 16.8 Å². The average Bonchev–Trinajstić information content (AvgIpc) is 3.28. The van der Waals surface area contributed by atoms with Gasteiger partial charge in [-0.15, -0.1) is 0 Å². The standard InChI is InChI=1S/C21H24N4O2/c1-13-8-7-9-14(2)18(13)19-15(3)23-25-17(24-10-5-6-11-24)12-16(21(26)27-4)22-20(19)25/h7-9,12H,5-6,10-11H2,1-4H3. The van der Waals surface area contributed by atoms with E-state index >= 15 is 0 Å². The van der Waals surface area contributed by atoms with Gasteiger partial charge in [0.2, 0.25) is 0 Å². The summed E-state index contributed by atoms with van der Waals surface area (Å²) in [4.78, 5) is 19.2. The van der Waals surface area contributed by atoms with E-state index in [4.69, 9.17) is 9.84 Å². The van der Waals surface area contributed by atoms with Crippen LogP contribution in [0, 0.1) is 20.8 Å². The second kappa shape index (κ2) is 6.68. The van der Waals surface area contributed by atoms with Crippen molar-refractivity contribution in [3.63, 3.8) is 0 Å². The predicted molar refractivity (Wildman–Crippen MR) is 105 cm³/mol. The van der Waals surface area contributed by atoms with Gasteiger partial charge in [-0.25, -0.2) is 9.78 Å². The molecular formula is C21H24N4O2. The van der Waals surface area contributed by atoms with Gasteiger partial charge in [-0.3, -0.25) is 0 Å². The summed E-state index contributed by atoms with van der Waals surface area (Å²) in [6.07, 6.45) is 2.28. The molecule has 0 radical (unpaired) electrons. The summed E-state index contributed by atoms with van der Waals surface area (Å²) in [5, 5.41) is 4.80. The van der Waals surface area contributed by atoms with E-state index in [0.29, 0.717) is 11.3 Å². The number of hydrogen-bond acceptors (Lipinski definition) is 5. The highest BCUT2D eigenvalue weighted by Crippen LogP contribution is 2.35. The number of carbonyl (C=O) groups is 1. The fourth-order valence-corrected chi connectivity index (χ4v) is 3.99. The molecule has 1 fully saturated rings. The Morgan fingerprint density at radius 1 is 1.07 bits per heavy atom. The van der Waals surface area contributed by atoms with Gasteiger partial charge in [-0.1, -0.05) is 18.2 Å². The fourth-order valence-electron chi connectivity index (χ4n) is 3.99. The van der Waals surface area contributed by atoms with Crippen molar-refractivity contribution in [1.29, 1.82) is 0 Å². The summed E-state index contributed by atoms with van der Waals surface area (Å²) < 4.78 is 6.84. The van der Waals surface area contributed by atoms with Crippen LogP contribution in [0.1, 0.15) is 40.2 Å². The predicted octanol–water partition coefficient (Wildman–Crippen LogP) is 3.71. The van der Waals surface area contributed by atoms with Crippen molar-refractivity contribution in [3.8, 4) is 11.1 Å². The quantitative estimate of drug-likeness (QED) is 0.663. The molecule has 0 atom stereocenters. The molecule has 140 valence electrons. The first-order valence-corrected chi connectivity index (χ1v) is 9.31. The van der Waals surface area contributed by atoms with Gasteiger partial charge in [-0.2, -0.15) is 9.61 Å². The lowest BCUT2D eigenvalue weighted by Gasteiger charge is -2.19. The zero-order valence-corrected chi connectivity index (χ0v) is 16.2. The fraction of sp³-hybridized carbons (Fsp3) is 0.381. The summed E-state index contributed by atoms with van der Waals surface area (Å²) in [5.74, 6) is 0.475. The normalized spacial score (nSPS) is 14.1. The largest absolute Gasteiger partial charge is 0.464 e.